The van der Waals surface area contributed by atoms with E-state index < -0.39 is 17.7 Å². The molecule has 5 rings (SSSR count). The van der Waals surface area contributed by atoms with Crippen LogP contribution in [0.2, 0.25) is 0 Å². The van der Waals surface area contributed by atoms with Crippen LogP contribution in [0, 0.1) is 0 Å². The van der Waals surface area contributed by atoms with Gasteiger partial charge < -0.3 is 23.9 Å². The molecule has 2 fully saturated rings. The van der Waals surface area contributed by atoms with Crippen LogP contribution in [0.3, 0.4) is 0 Å². The maximum absolute atomic E-state index is 13.2. The Kier molecular flexibility index (Phi) is 6.57. The minimum atomic E-state index is -0.777. The van der Waals surface area contributed by atoms with Gasteiger partial charge >= 0.3 is 0 Å². The SMILES string of the molecule is COc1ccc2cc(/C(O)=C3\C(=O)C(=O)N(CCCN4CCOCC4)C3c3ccco3)ccc2c1. The minimum absolute atomic E-state index is 0.0455. The number of furan rings is 1. The number of morpholine rings is 1. The van der Waals surface area contributed by atoms with Gasteiger partial charge in [-0.05, 0) is 47.5 Å². The Morgan fingerprint density at radius 3 is 2.57 bits per heavy atom. The predicted octanol–water partition coefficient (Wildman–Crippen LogP) is 3.59. The summed E-state index contributed by atoms with van der Waals surface area (Å²) in [5.41, 5.74) is 0.509. The molecular formula is C27H28N2O6. The molecule has 1 N–H and O–H groups in total. The second-order valence-corrected chi connectivity index (χ2v) is 8.74. The Morgan fingerprint density at radius 2 is 1.83 bits per heavy atom. The summed E-state index contributed by atoms with van der Waals surface area (Å²) in [4.78, 5) is 30.0. The highest BCUT2D eigenvalue weighted by atomic mass is 16.5. The summed E-state index contributed by atoms with van der Waals surface area (Å²) < 4.78 is 16.3. The van der Waals surface area contributed by atoms with E-state index in [9.17, 15) is 14.7 Å². The first-order valence-corrected chi connectivity index (χ1v) is 11.8. The van der Waals surface area contributed by atoms with Crippen LogP contribution in [-0.2, 0) is 14.3 Å². The summed E-state index contributed by atoms with van der Waals surface area (Å²) in [6, 6.07) is 13.7. The van der Waals surface area contributed by atoms with Gasteiger partial charge in [-0.3, -0.25) is 14.5 Å². The number of benzene rings is 2. The molecule has 1 atom stereocenters. The fourth-order valence-corrected chi connectivity index (χ4v) is 4.80. The summed E-state index contributed by atoms with van der Waals surface area (Å²) in [5.74, 6) is -0.360. The van der Waals surface area contributed by atoms with Gasteiger partial charge in [0.1, 0.15) is 23.3 Å². The first-order valence-electron chi connectivity index (χ1n) is 11.8. The van der Waals surface area contributed by atoms with Crippen LogP contribution in [0.4, 0.5) is 0 Å². The Hall–Kier alpha value is -3.62. The number of ketones is 1. The molecule has 8 heteroatoms. The maximum atomic E-state index is 13.2. The van der Waals surface area contributed by atoms with E-state index in [2.05, 4.69) is 4.90 Å². The Bertz CT molecular complexity index is 1260. The lowest BCUT2D eigenvalue weighted by atomic mass is 9.97. The molecular weight excluding hydrogens is 448 g/mol. The highest BCUT2D eigenvalue weighted by Crippen LogP contribution is 2.40. The number of amides is 1. The summed E-state index contributed by atoms with van der Waals surface area (Å²) in [6.45, 7) is 4.29. The second kappa shape index (κ2) is 9.93. The molecule has 0 radical (unpaired) electrons. The van der Waals surface area contributed by atoms with Crippen molar-refractivity contribution in [3.63, 3.8) is 0 Å². The molecule has 0 aliphatic carbocycles. The fourth-order valence-electron chi connectivity index (χ4n) is 4.80. The van der Waals surface area contributed by atoms with E-state index >= 15 is 0 Å². The van der Waals surface area contributed by atoms with E-state index in [-0.39, 0.29) is 11.3 Å². The first kappa shape index (κ1) is 23.1. The zero-order valence-corrected chi connectivity index (χ0v) is 19.6. The number of hydrogen-bond acceptors (Lipinski definition) is 7. The Morgan fingerprint density at radius 1 is 1.06 bits per heavy atom. The van der Waals surface area contributed by atoms with Crippen LogP contribution >= 0.6 is 0 Å². The third-order valence-electron chi connectivity index (χ3n) is 6.65. The predicted molar refractivity (Wildman–Crippen MR) is 130 cm³/mol. The van der Waals surface area contributed by atoms with Crippen LogP contribution in [-0.4, -0.2) is 73.1 Å². The van der Waals surface area contributed by atoms with E-state index in [0.29, 0.717) is 37.5 Å². The van der Waals surface area contributed by atoms with E-state index in [0.717, 1.165) is 36.2 Å². The lowest BCUT2D eigenvalue weighted by molar-refractivity contribution is -0.140. The van der Waals surface area contributed by atoms with Crippen molar-refractivity contribution in [3.05, 3.63) is 71.7 Å². The lowest BCUT2D eigenvalue weighted by Gasteiger charge is -2.28. The molecule has 1 unspecified atom stereocenters. The van der Waals surface area contributed by atoms with Gasteiger partial charge in [0.15, 0.2) is 0 Å². The van der Waals surface area contributed by atoms with Crippen LogP contribution < -0.4 is 4.74 Å². The smallest absolute Gasteiger partial charge is 0.295 e. The molecule has 35 heavy (non-hydrogen) atoms. The van der Waals surface area contributed by atoms with Crippen LogP contribution in [0.1, 0.15) is 23.8 Å². The summed E-state index contributed by atoms with van der Waals surface area (Å²) in [7, 11) is 1.61. The van der Waals surface area contributed by atoms with Crippen molar-refractivity contribution in [2.45, 2.75) is 12.5 Å². The average molecular weight is 477 g/mol. The van der Waals surface area contributed by atoms with Crippen LogP contribution in [0.25, 0.3) is 16.5 Å². The number of carbonyl (C=O) groups excluding carboxylic acids is 2. The third-order valence-corrected chi connectivity index (χ3v) is 6.65. The highest BCUT2D eigenvalue weighted by molar-refractivity contribution is 6.46. The van der Waals surface area contributed by atoms with Gasteiger partial charge in [-0.25, -0.2) is 0 Å². The molecule has 2 aliphatic rings. The molecule has 1 aromatic heterocycles. The normalized spacial score (nSPS) is 20.6. The Labute approximate surface area is 203 Å². The number of fused-ring (bicyclic) bond motifs is 1. The molecule has 182 valence electrons. The van der Waals surface area contributed by atoms with E-state index in [4.69, 9.17) is 13.9 Å². The largest absolute Gasteiger partial charge is 0.507 e. The maximum Gasteiger partial charge on any atom is 0.295 e. The Balaban J connectivity index is 1.47. The van der Waals surface area contributed by atoms with Gasteiger partial charge in [0.2, 0.25) is 0 Å². The third kappa shape index (κ3) is 4.54. The van der Waals surface area contributed by atoms with E-state index in [1.165, 1.54) is 11.2 Å². The average Bonchev–Trinajstić information content (AvgIpc) is 3.51. The highest BCUT2D eigenvalue weighted by Gasteiger charge is 2.47. The second-order valence-electron chi connectivity index (χ2n) is 8.74. The van der Waals surface area contributed by atoms with E-state index in [1.807, 2.05) is 24.3 Å². The molecule has 8 nitrogen and oxygen atoms in total. The number of nitrogens with zero attached hydrogens (tertiary/aromatic N) is 2. The van der Waals surface area contributed by atoms with E-state index in [1.54, 1.807) is 31.4 Å². The standard InChI is InChI=1S/C27H28N2O6/c1-33-21-8-7-18-16-20(6-5-19(18)17-21)25(30)23-24(22-4-2-13-35-22)29(27(32)26(23)31)10-3-9-28-11-14-34-15-12-28/h2,4-8,13,16-17,24,30H,3,9-12,14-15H2,1H3/b25-23+. The number of carbonyl (C=O) groups is 2. The summed E-state index contributed by atoms with van der Waals surface area (Å²) >= 11 is 0. The number of aliphatic hydroxyl groups is 1. The number of likely N-dealkylation sites (tertiary alicyclic amines) is 1. The van der Waals surface area contributed by atoms with Crippen molar-refractivity contribution in [1.29, 1.82) is 0 Å². The van der Waals surface area contributed by atoms with Gasteiger partial charge in [-0.2, -0.15) is 0 Å². The summed E-state index contributed by atoms with van der Waals surface area (Å²) in [6.07, 6.45) is 2.20. The van der Waals surface area contributed by atoms with Crippen molar-refractivity contribution in [2.75, 3.05) is 46.5 Å². The topological polar surface area (TPSA) is 92.5 Å². The number of ether oxygens (including phenoxy) is 2. The van der Waals surface area contributed by atoms with Crippen LogP contribution in [0.15, 0.2) is 64.8 Å². The molecule has 0 bridgehead atoms. The lowest BCUT2D eigenvalue weighted by Crippen LogP contribution is -2.38. The molecule has 2 aliphatic heterocycles. The van der Waals surface area contributed by atoms with Gasteiger partial charge in [-0.1, -0.05) is 18.2 Å². The molecule has 3 aromatic rings. The van der Waals surface area contributed by atoms with Gasteiger partial charge in [0.05, 0.1) is 32.2 Å². The van der Waals surface area contributed by atoms with Crippen molar-refractivity contribution in [1.82, 2.24) is 9.80 Å². The number of aliphatic hydroxyl groups excluding tert-OH is 1. The zero-order valence-electron chi connectivity index (χ0n) is 19.6. The molecule has 2 aromatic carbocycles. The van der Waals surface area contributed by atoms with Crippen molar-refractivity contribution >= 4 is 28.2 Å². The molecule has 2 saturated heterocycles. The monoisotopic (exact) mass is 476 g/mol. The fraction of sp³-hybridized carbons (Fsp3) is 0.333. The number of hydrogen-bond donors (Lipinski definition) is 1. The molecule has 1 amide bonds. The number of rotatable bonds is 7. The molecule has 3 heterocycles. The van der Waals surface area contributed by atoms with Crippen molar-refractivity contribution < 1.29 is 28.6 Å². The molecule has 0 saturated carbocycles. The van der Waals surface area contributed by atoms with Crippen LogP contribution in [0.5, 0.6) is 5.75 Å². The number of Topliss-reactive ketones (excluding diaryl/α,β-unsaturated/α-hetero) is 1. The van der Waals surface area contributed by atoms with Crippen molar-refractivity contribution in [2.24, 2.45) is 0 Å². The minimum Gasteiger partial charge on any atom is -0.507 e. The summed E-state index contributed by atoms with van der Waals surface area (Å²) in [5, 5.41) is 13.1. The first-order chi connectivity index (χ1) is 17.1. The van der Waals surface area contributed by atoms with Gasteiger partial charge in [-0.15, -0.1) is 0 Å². The number of methoxy groups -OCH3 is 1. The zero-order chi connectivity index (χ0) is 24.4. The van der Waals surface area contributed by atoms with Gasteiger partial charge in [0, 0.05) is 31.7 Å². The van der Waals surface area contributed by atoms with Crippen molar-refractivity contribution in [3.8, 4) is 5.75 Å². The quantitative estimate of drug-likeness (QED) is 0.317. The van der Waals surface area contributed by atoms with Gasteiger partial charge in [0.25, 0.3) is 11.7 Å². The molecule has 0 spiro atoms.